The molecule has 0 amide bonds. The highest BCUT2D eigenvalue weighted by atomic mass is 16.5. The van der Waals surface area contributed by atoms with Gasteiger partial charge in [-0.25, -0.2) is 0 Å². The van der Waals surface area contributed by atoms with Gasteiger partial charge in [0, 0.05) is 0 Å². The summed E-state index contributed by atoms with van der Waals surface area (Å²) in [6.07, 6.45) is 4.76. The van der Waals surface area contributed by atoms with E-state index in [0.717, 1.165) is 6.42 Å². The van der Waals surface area contributed by atoms with Crippen molar-refractivity contribution in [2.45, 2.75) is 39.5 Å². The van der Waals surface area contributed by atoms with E-state index in [1.54, 1.807) is 0 Å². The second kappa shape index (κ2) is 4.48. The van der Waals surface area contributed by atoms with Gasteiger partial charge in [-0.05, 0) is 25.7 Å². The Labute approximate surface area is 74.3 Å². The first-order valence-corrected chi connectivity index (χ1v) is 4.96. The molecule has 1 aliphatic carbocycles. The van der Waals surface area contributed by atoms with Crippen molar-refractivity contribution in [2.24, 2.45) is 11.8 Å². The minimum atomic E-state index is 0.0265. The first-order valence-electron chi connectivity index (χ1n) is 4.96. The fourth-order valence-electron chi connectivity index (χ4n) is 1.57. The van der Waals surface area contributed by atoms with Gasteiger partial charge in [-0.15, -0.1) is 0 Å². The summed E-state index contributed by atoms with van der Waals surface area (Å²) in [5.41, 5.74) is 0. The van der Waals surface area contributed by atoms with Gasteiger partial charge in [0.15, 0.2) is 0 Å². The molecule has 1 saturated carbocycles. The molecule has 0 aromatic heterocycles. The molecule has 2 nitrogen and oxygen atoms in total. The lowest BCUT2D eigenvalue weighted by atomic mass is 10.1. The predicted molar refractivity (Wildman–Crippen MR) is 47.8 cm³/mol. The van der Waals surface area contributed by atoms with E-state index < -0.39 is 0 Å². The minimum Gasteiger partial charge on any atom is -0.466 e. The normalized spacial score (nSPS) is 26.8. The molecule has 2 atom stereocenters. The van der Waals surface area contributed by atoms with Crippen LogP contribution in [0.15, 0.2) is 0 Å². The van der Waals surface area contributed by atoms with Crippen LogP contribution < -0.4 is 0 Å². The van der Waals surface area contributed by atoms with Gasteiger partial charge in [0.05, 0.1) is 12.5 Å². The van der Waals surface area contributed by atoms with Gasteiger partial charge in [0.2, 0.25) is 0 Å². The second-order valence-electron chi connectivity index (χ2n) is 3.50. The van der Waals surface area contributed by atoms with Crippen LogP contribution in [0.2, 0.25) is 0 Å². The van der Waals surface area contributed by atoms with Crippen molar-refractivity contribution in [3.8, 4) is 0 Å². The van der Waals surface area contributed by atoms with Crippen molar-refractivity contribution in [2.75, 3.05) is 6.61 Å². The standard InChI is InChI=1S/C10H18O2/c1-3-5-6-8-7-9(8)10(11)12-4-2/h8-9H,3-7H2,1-2H3. The zero-order valence-corrected chi connectivity index (χ0v) is 8.01. The fraction of sp³-hybridized carbons (Fsp3) is 0.900. The molecule has 0 N–H and O–H groups in total. The number of carbonyl (C=O) groups excluding carboxylic acids is 1. The Hall–Kier alpha value is -0.530. The van der Waals surface area contributed by atoms with Gasteiger partial charge in [-0.1, -0.05) is 19.8 Å². The summed E-state index contributed by atoms with van der Waals surface area (Å²) in [4.78, 5) is 11.2. The smallest absolute Gasteiger partial charge is 0.309 e. The summed E-state index contributed by atoms with van der Waals surface area (Å²) >= 11 is 0. The van der Waals surface area contributed by atoms with E-state index in [1.165, 1.54) is 19.3 Å². The molecular formula is C10H18O2. The van der Waals surface area contributed by atoms with Crippen molar-refractivity contribution >= 4 is 5.97 Å². The number of unbranched alkanes of at least 4 members (excludes halogenated alkanes) is 1. The third kappa shape index (κ3) is 2.50. The summed E-state index contributed by atoms with van der Waals surface area (Å²) in [6.45, 7) is 4.57. The van der Waals surface area contributed by atoms with E-state index in [1.807, 2.05) is 6.92 Å². The fourth-order valence-corrected chi connectivity index (χ4v) is 1.57. The first-order chi connectivity index (χ1) is 5.79. The van der Waals surface area contributed by atoms with E-state index in [0.29, 0.717) is 12.5 Å². The van der Waals surface area contributed by atoms with Gasteiger partial charge >= 0.3 is 5.97 Å². The summed E-state index contributed by atoms with van der Waals surface area (Å²) in [7, 11) is 0. The molecule has 1 rings (SSSR count). The van der Waals surface area contributed by atoms with E-state index in [-0.39, 0.29) is 11.9 Å². The lowest BCUT2D eigenvalue weighted by molar-refractivity contribution is -0.145. The molecule has 0 aromatic carbocycles. The molecule has 0 radical (unpaired) electrons. The lowest BCUT2D eigenvalue weighted by Gasteiger charge is -1.99. The van der Waals surface area contributed by atoms with Crippen LogP contribution in [-0.4, -0.2) is 12.6 Å². The van der Waals surface area contributed by atoms with E-state index in [4.69, 9.17) is 4.74 Å². The topological polar surface area (TPSA) is 26.3 Å². The highest BCUT2D eigenvalue weighted by Crippen LogP contribution is 2.43. The van der Waals surface area contributed by atoms with Crippen molar-refractivity contribution < 1.29 is 9.53 Å². The maximum absolute atomic E-state index is 11.2. The molecule has 2 unspecified atom stereocenters. The van der Waals surface area contributed by atoms with Crippen LogP contribution >= 0.6 is 0 Å². The minimum absolute atomic E-state index is 0.0265. The first kappa shape index (κ1) is 9.56. The lowest BCUT2D eigenvalue weighted by Crippen LogP contribution is -2.07. The Bertz CT molecular complexity index is 154. The highest BCUT2D eigenvalue weighted by molar-refractivity contribution is 5.75. The maximum atomic E-state index is 11.2. The molecule has 0 saturated heterocycles. The Balaban J connectivity index is 2.10. The van der Waals surface area contributed by atoms with Crippen molar-refractivity contribution in [1.29, 1.82) is 0 Å². The Morgan fingerprint density at radius 1 is 1.50 bits per heavy atom. The zero-order chi connectivity index (χ0) is 8.97. The summed E-state index contributed by atoms with van der Waals surface area (Å²) < 4.78 is 4.94. The molecule has 0 heterocycles. The van der Waals surface area contributed by atoms with Gasteiger partial charge in [0.1, 0.15) is 0 Å². The van der Waals surface area contributed by atoms with Crippen molar-refractivity contribution in [3.05, 3.63) is 0 Å². The summed E-state index contributed by atoms with van der Waals surface area (Å²) in [5.74, 6) is 0.916. The molecule has 1 fully saturated rings. The van der Waals surface area contributed by atoms with Gasteiger partial charge in [-0.2, -0.15) is 0 Å². The molecule has 0 bridgehead atoms. The van der Waals surface area contributed by atoms with Crippen LogP contribution in [0.3, 0.4) is 0 Å². The van der Waals surface area contributed by atoms with Crippen LogP contribution in [0, 0.1) is 11.8 Å². The van der Waals surface area contributed by atoms with Gasteiger partial charge < -0.3 is 4.74 Å². The van der Waals surface area contributed by atoms with Crippen LogP contribution in [0.5, 0.6) is 0 Å². The predicted octanol–water partition coefficient (Wildman–Crippen LogP) is 2.38. The number of rotatable bonds is 5. The number of ether oxygens (including phenoxy) is 1. The molecule has 2 heteroatoms. The van der Waals surface area contributed by atoms with Crippen LogP contribution in [-0.2, 0) is 9.53 Å². The van der Waals surface area contributed by atoms with Crippen molar-refractivity contribution in [3.63, 3.8) is 0 Å². The maximum Gasteiger partial charge on any atom is 0.309 e. The van der Waals surface area contributed by atoms with E-state index in [2.05, 4.69) is 6.92 Å². The van der Waals surface area contributed by atoms with Crippen LogP contribution in [0.4, 0.5) is 0 Å². The van der Waals surface area contributed by atoms with E-state index >= 15 is 0 Å². The summed E-state index contributed by atoms with van der Waals surface area (Å²) in [5, 5.41) is 0. The second-order valence-corrected chi connectivity index (χ2v) is 3.50. The molecule has 70 valence electrons. The third-order valence-electron chi connectivity index (χ3n) is 2.44. The van der Waals surface area contributed by atoms with Gasteiger partial charge in [0.25, 0.3) is 0 Å². The number of hydrogen-bond acceptors (Lipinski definition) is 2. The van der Waals surface area contributed by atoms with Crippen LogP contribution in [0.1, 0.15) is 39.5 Å². The molecule has 0 aromatic rings. The SMILES string of the molecule is CCCCC1CC1C(=O)OCC. The highest BCUT2D eigenvalue weighted by Gasteiger charge is 2.43. The third-order valence-corrected chi connectivity index (χ3v) is 2.44. The quantitative estimate of drug-likeness (QED) is 0.592. The van der Waals surface area contributed by atoms with E-state index in [9.17, 15) is 4.79 Å². The van der Waals surface area contributed by atoms with Crippen molar-refractivity contribution in [1.82, 2.24) is 0 Å². The molecule has 12 heavy (non-hydrogen) atoms. The average Bonchev–Trinajstić information content (AvgIpc) is 2.80. The molecule has 0 aliphatic heterocycles. The Morgan fingerprint density at radius 3 is 2.83 bits per heavy atom. The Morgan fingerprint density at radius 2 is 2.25 bits per heavy atom. The number of hydrogen-bond donors (Lipinski definition) is 0. The van der Waals surface area contributed by atoms with Gasteiger partial charge in [-0.3, -0.25) is 4.79 Å². The Kier molecular flexibility index (Phi) is 3.57. The zero-order valence-electron chi connectivity index (χ0n) is 8.01. The summed E-state index contributed by atoms with van der Waals surface area (Å²) in [6, 6.07) is 0. The average molecular weight is 170 g/mol. The largest absolute Gasteiger partial charge is 0.466 e. The molecular weight excluding hydrogens is 152 g/mol. The van der Waals surface area contributed by atoms with Crippen LogP contribution in [0.25, 0.3) is 0 Å². The number of carbonyl (C=O) groups is 1. The molecule has 1 aliphatic rings. The number of esters is 1. The monoisotopic (exact) mass is 170 g/mol. The molecule has 0 spiro atoms.